The molecule has 3 atom stereocenters. The van der Waals surface area contributed by atoms with Crippen LogP contribution in [0.1, 0.15) is 65.2 Å². The highest BCUT2D eigenvalue weighted by molar-refractivity contribution is 4.99. The number of piperidine rings is 3. The zero-order valence-corrected chi connectivity index (χ0v) is 14.8. The fourth-order valence-electron chi connectivity index (χ4n) is 6.51. The van der Waals surface area contributed by atoms with Crippen molar-refractivity contribution in [2.75, 3.05) is 32.8 Å². The van der Waals surface area contributed by atoms with Crippen molar-refractivity contribution in [1.82, 2.24) is 4.90 Å². The number of nitrogens with zero attached hydrogens (tertiary/aromatic N) is 1. The molecular weight excluding hydrogens is 270 g/mol. The second kappa shape index (κ2) is 5.77. The van der Waals surface area contributed by atoms with Crippen molar-refractivity contribution in [1.29, 1.82) is 0 Å². The van der Waals surface area contributed by atoms with Crippen LogP contribution in [-0.4, -0.2) is 37.7 Å². The monoisotopic (exact) mass is 305 g/mol. The van der Waals surface area contributed by atoms with E-state index in [9.17, 15) is 0 Å². The average Bonchev–Trinajstić information content (AvgIpc) is 2.55. The molecule has 5 aliphatic rings. The Labute approximate surface area is 137 Å². The summed E-state index contributed by atoms with van der Waals surface area (Å²) in [6, 6.07) is 0. The maximum absolute atomic E-state index is 5.66. The van der Waals surface area contributed by atoms with Gasteiger partial charge in [0.1, 0.15) is 0 Å². The molecule has 5 fully saturated rings. The normalized spacial score (nSPS) is 42.8. The molecule has 3 unspecified atom stereocenters. The average molecular weight is 306 g/mol. The van der Waals surface area contributed by atoms with Crippen LogP contribution >= 0.6 is 0 Å². The molecular formula is C20H35NO. The maximum atomic E-state index is 5.66. The standard InChI is InChI=1S/C20H35NO/c1-16(18-5-3-4-6-20(18)14-22-15-20)13-17(2)19-7-10-21(11-8-19)12-9-19/h16-18H,3-15H2,1-2H3. The maximum Gasteiger partial charge on any atom is 0.0547 e. The summed E-state index contributed by atoms with van der Waals surface area (Å²) in [5.74, 6) is 2.76. The Bertz CT molecular complexity index is 381. The van der Waals surface area contributed by atoms with Crippen molar-refractivity contribution in [2.24, 2.45) is 28.6 Å². The lowest BCUT2D eigenvalue weighted by molar-refractivity contribution is -0.175. The molecule has 0 N–H and O–H groups in total. The first-order chi connectivity index (χ1) is 10.6. The fourth-order valence-corrected chi connectivity index (χ4v) is 6.51. The number of ether oxygens (including phenoxy) is 1. The van der Waals surface area contributed by atoms with Gasteiger partial charge in [-0.15, -0.1) is 0 Å². The second-order valence-electron chi connectivity index (χ2n) is 9.28. The van der Waals surface area contributed by atoms with Gasteiger partial charge >= 0.3 is 0 Å². The molecule has 1 spiro atoms. The Morgan fingerprint density at radius 2 is 1.68 bits per heavy atom. The van der Waals surface area contributed by atoms with Gasteiger partial charge in [0.2, 0.25) is 0 Å². The van der Waals surface area contributed by atoms with Gasteiger partial charge in [0, 0.05) is 5.41 Å². The molecule has 126 valence electrons. The van der Waals surface area contributed by atoms with Crippen molar-refractivity contribution >= 4 is 0 Å². The zero-order valence-electron chi connectivity index (χ0n) is 14.8. The quantitative estimate of drug-likeness (QED) is 0.766. The molecule has 2 heteroatoms. The van der Waals surface area contributed by atoms with Crippen molar-refractivity contribution in [3.8, 4) is 0 Å². The molecule has 0 aromatic carbocycles. The molecule has 22 heavy (non-hydrogen) atoms. The zero-order chi connectivity index (χ0) is 15.2. The lowest BCUT2D eigenvalue weighted by Crippen LogP contribution is -2.53. The minimum absolute atomic E-state index is 0.588. The summed E-state index contributed by atoms with van der Waals surface area (Å²) >= 11 is 0. The molecule has 0 radical (unpaired) electrons. The van der Waals surface area contributed by atoms with Crippen LogP contribution in [0.5, 0.6) is 0 Å². The molecule has 1 saturated carbocycles. The first-order valence-electron chi connectivity index (χ1n) is 9.94. The molecule has 2 bridgehead atoms. The first-order valence-corrected chi connectivity index (χ1v) is 9.94. The van der Waals surface area contributed by atoms with Gasteiger partial charge in [-0.25, -0.2) is 0 Å². The Morgan fingerprint density at radius 3 is 2.27 bits per heavy atom. The number of rotatable bonds is 4. The van der Waals surface area contributed by atoms with E-state index in [-0.39, 0.29) is 0 Å². The van der Waals surface area contributed by atoms with Crippen LogP contribution in [0.4, 0.5) is 0 Å². The molecule has 4 saturated heterocycles. The Balaban J connectivity index is 1.41. The third-order valence-electron chi connectivity index (χ3n) is 8.24. The second-order valence-corrected chi connectivity index (χ2v) is 9.28. The molecule has 0 aromatic heterocycles. The molecule has 4 heterocycles. The summed E-state index contributed by atoms with van der Waals surface area (Å²) in [5.41, 5.74) is 1.28. The highest BCUT2D eigenvalue weighted by Crippen LogP contribution is 2.53. The van der Waals surface area contributed by atoms with Gasteiger partial charge in [0.05, 0.1) is 13.2 Å². The molecule has 0 aromatic rings. The summed E-state index contributed by atoms with van der Waals surface area (Å²) in [5, 5.41) is 0. The highest BCUT2D eigenvalue weighted by atomic mass is 16.5. The van der Waals surface area contributed by atoms with Gasteiger partial charge in [-0.05, 0) is 81.3 Å². The summed E-state index contributed by atoms with van der Waals surface area (Å²) in [7, 11) is 0. The number of fused-ring (bicyclic) bond motifs is 3. The van der Waals surface area contributed by atoms with Crippen molar-refractivity contribution in [3.05, 3.63) is 0 Å². The highest BCUT2D eigenvalue weighted by Gasteiger charge is 2.50. The van der Waals surface area contributed by atoms with E-state index >= 15 is 0 Å². The molecule has 5 rings (SSSR count). The topological polar surface area (TPSA) is 12.5 Å². The van der Waals surface area contributed by atoms with Crippen molar-refractivity contribution in [2.45, 2.75) is 65.2 Å². The number of hydrogen-bond donors (Lipinski definition) is 0. The Morgan fingerprint density at radius 1 is 1.00 bits per heavy atom. The Kier molecular flexibility index (Phi) is 4.05. The van der Waals surface area contributed by atoms with Crippen molar-refractivity contribution < 1.29 is 4.74 Å². The Hall–Kier alpha value is -0.0800. The van der Waals surface area contributed by atoms with E-state index in [1.54, 1.807) is 0 Å². The first kappa shape index (κ1) is 15.4. The van der Waals surface area contributed by atoms with Crippen molar-refractivity contribution in [3.63, 3.8) is 0 Å². The van der Waals surface area contributed by atoms with E-state index in [1.165, 1.54) is 71.0 Å². The van der Waals surface area contributed by atoms with Crippen LogP contribution in [0, 0.1) is 28.6 Å². The van der Waals surface area contributed by atoms with E-state index in [4.69, 9.17) is 4.74 Å². The predicted octanol–water partition coefficient (Wildman–Crippen LogP) is 4.34. The summed E-state index contributed by atoms with van der Waals surface area (Å²) in [6.45, 7) is 11.4. The van der Waals surface area contributed by atoms with Crippen LogP contribution in [-0.2, 0) is 4.74 Å². The molecule has 1 aliphatic carbocycles. The third kappa shape index (κ3) is 2.45. The summed E-state index contributed by atoms with van der Waals surface area (Å²) < 4.78 is 5.66. The van der Waals surface area contributed by atoms with Gasteiger partial charge in [0.25, 0.3) is 0 Å². The van der Waals surface area contributed by atoms with Crippen LogP contribution in [0.15, 0.2) is 0 Å². The van der Waals surface area contributed by atoms with Crippen LogP contribution in [0.25, 0.3) is 0 Å². The van der Waals surface area contributed by atoms with Crippen LogP contribution < -0.4 is 0 Å². The van der Waals surface area contributed by atoms with Gasteiger partial charge in [-0.2, -0.15) is 0 Å². The van der Waals surface area contributed by atoms with Crippen LogP contribution in [0.2, 0.25) is 0 Å². The fraction of sp³-hybridized carbons (Fsp3) is 1.00. The predicted molar refractivity (Wildman–Crippen MR) is 90.9 cm³/mol. The van der Waals surface area contributed by atoms with E-state index in [0.717, 1.165) is 31.0 Å². The van der Waals surface area contributed by atoms with Gasteiger partial charge in [-0.3, -0.25) is 0 Å². The van der Waals surface area contributed by atoms with E-state index in [0.29, 0.717) is 10.8 Å². The van der Waals surface area contributed by atoms with Crippen LogP contribution in [0.3, 0.4) is 0 Å². The van der Waals surface area contributed by atoms with Gasteiger partial charge in [0.15, 0.2) is 0 Å². The van der Waals surface area contributed by atoms with Gasteiger partial charge in [-0.1, -0.05) is 26.7 Å². The largest absolute Gasteiger partial charge is 0.380 e. The molecule has 2 nitrogen and oxygen atoms in total. The van der Waals surface area contributed by atoms with E-state index in [2.05, 4.69) is 18.7 Å². The third-order valence-corrected chi connectivity index (χ3v) is 8.24. The van der Waals surface area contributed by atoms with E-state index < -0.39 is 0 Å². The SMILES string of the molecule is CC(CC(C)C12CCN(CC1)CC2)C1CCCCC12COC2. The lowest BCUT2D eigenvalue weighted by atomic mass is 9.57. The smallest absolute Gasteiger partial charge is 0.0547 e. The van der Waals surface area contributed by atoms with E-state index in [1.807, 2.05) is 0 Å². The molecule has 0 amide bonds. The minimum atomic E-state index is 0.588. The summed E-state index contributed by atoms with van der Waals surface area (Å²) in [6.07, 6.45) is 11.7. The lowest BCUT2D eigenvalue weighted by Gasteiger charge is -2.55. The number of hydrogen-bond acceptors (Lipinski definition) is 2. The van der Waals surface area contributed by atoms with Gasteiger partial charge < -0.3 is 9.64 Å². The summed E-state index contributed by atoms with van der Waals surface area (Å²) in [4.78, 5) is 2.68. The minimum Gasteiger partial charge on any atom is -0.380 e. The molecule has 4 aliphatic heterocycles.